The highest BCUT2D eigenvalue weighted by molar-refractivity contribution is 5.94. The highest BCUT2D eigenvalue weighted by Gasteiger charge is 2.29. The Morgan fingerprint density at radius 3 is 2.17 bits per heavy atom. The third kappa shape index (κ3) is 7.83. The van der Waals surface area contributed by atoms with Gasteiger partial charge < -0.3 is 9.80 Å². The fraction of sp³-hybridized carbons (Fsp3) is 0.361. The lowest BCUT2D eigenvalue weighted by molar-refractivity contribution is 0.0542. The zero-order valence-electron chi connectivity index (χ0n) is 25.0. The molecule has 0 atom stereocenters. The minimum Gasteiger partial charge on any atom is -0.345 e. The van der Waals surface area contributed by atoms with Crippen LogP contribution in [0, 0.1) is 0 Å². The van der Waals surface area contributed by atoms with Gasteiger partial charge in [-0.25, -0.2) is 0 Å². The smallest absolute Gasteiger partial charge is 0.254 e. The van der Waals surface area contributed by atoms with Crippen LogP contribution in [-0.4, -0.2) is 51.9 Å². The molecule has 3 heterocycles. The van der Waals surface area contributed by atoms with Crippen LogP contribution in [0.1, 0.15) is 66.1 Å². The third-order valence-corrected chi connectivity index (χ3v) is 8.38. The first kappa shape index (κ1) is 29.5. The van der Waals surface area contributed by atoms with Crippen LogP contribution in [0.5, 0.6) is 0 Å². The third-order valence-electron chi connectivity index (χ3n) is 8.38. The number of pyridine rings is 2. The van der Waals surface area contributed by atoms with Crippen molar-refractivity contribution in [2.75, 3.05) is 25.0 Å². The van der Waals surface area contributed by atoms with Gasteiger partial charge in [0.2, 0.25) is 0 Å². The van der Waals surface area contributed by atoms with Crippen LogP contribution >= 0.6 is 0 Å². The van der Waals surface area contributed by atoms with Crippen LogP contribution in [0.4, 0.5) is 11.4 Å². The molecule has 0 spiro atoms. The molecule has 1 saturated heterocycles. The van der Waals surface area contributed by atoms with Crippen molar-refractivity contribution in [2.24, 2.45) is 0 Å². The van der Waals surface area contributed by atoms with Gasteiger partial charge in [-0.2, -0.15) is 0 Å². The van der Waals surface area contributed by atoms with Crippen molar-refractivity contribution in [3.05, 3.63) is 120 Å². The Morgan fingerprint density at radius 2 is 1.50 bits per heavy atom. The largest absolute Gasteiger partial charge is 0.345 e. The fourth-order valence-corrected chi connectivity index (χ4v) is 5.80. The molecule has 4 aromatic rings. The van der Waals surface area contributed by atoms with Gasteiger partial charge in [0.05, 0.1) is 0 Å². The predicted molar refractivity (Wildman–Crippen MR) is 171 cm³/mol. The molecule has 1 aliphatic heterocycles. The molecule has 6 heteroatoms. The molecular formula is C36H43N5O. The topological polar surface area (TPSA) is 52.6 Å². The van der Waals surface area contributed by atoms with Crippen molar-refractivity contribution in [2.45, 2.75) is 64.6 Å². The molecule has 1 amide bonds. The Hall–Kier alpha value is -4.03. The number of hydrogen-bond donors (Lipinski definition) is 0. The zero-order valence-corrected chi connectivity index (χ0v) is 25.0. The normalized spacial score (nSPS) is 14.0. The molecule has 0 N–H and O–H groups in total. The first-order chi connectivity index (χ1) is 20.6. The van der Waals surface area contributed by atoms with Crippen molar-refractivity contribution in [1.29, 1.82) is 0 Å². The van der Waals surface area contributed by atoms with Crippen LogP contribution in [0.25, 0.3) is 0 Å². The number of anilines is 2. The van der Waals surface area contributed by atoms with E-state index >= 15 is 0 Å². The number of likely N-dealkylation sites (tertiary alicyclic amines) is 1. The number of benzene rings is 2. The summed E-state index contributed by atoms with van der Waals surface area (Å²) in [5.74, 6) is 0.124. The molecule has 0 saturated carbocycles. The van der Waals surface area contributed by atoms with Gasteiger partial charge in [-0.05, 0) is 84.8 Å². The summed E-state index contributed by atoms with van der Waals surface area (Å²) < 4.78 is 0. The second kappa shape index (κ2) is 14.7. The van der Waals surface area contributed by atoms with Crippen LogP contribution in [-0.2, 0) is 19.5 Å². The average Bonchev–Trinajstić information content (AvgIpc) is 3.05. The Balaban J connectivity index is 1.30. The van der Waals surface area contributed by atoms with E-state index in [1.165, 1.54) is 30.4 Å². The quantitative estimate of drug-likeness (QED) is 0.170. The Labute approximate surface area is 251 Å². The molecule has 5 rings (SSSR count). The van der Waals surface area contributed by atoms with E-state index in [1.54, 1.807) is 0 Å². The average molecular weight is 562 g/mol. The molecule has 2 aromatic carbocycles. The highest BCUT2D eigenvalue weighted by Crippen LogP contribution is 2.26. The number of nitrogens with zero attached hydrogens (tertiary/aromatic N) is 5. The van der Waals surface area contributed by atoms with E-state index in [-0.39, 0.29) is 11.9 Å². The number of aryl methyl sites for hydroxylation is 1. The molecule has 1 aliphatic rings. The second-order valence-corrected chi connectivity index (χ2v) is 11.4. The number of aromatic nitrogens is 2. The maximum Gasteiger partial charge on any atom is 0.254 e. The maximum atomic E-state index is 14.0. The number of amides is 1. The van der Waals surface area contributed by atoms with Gasteiger partial charge in [-0.15, -0.1) is 0 Å². The Kier molecular flexibility index (Phi) is 10.3. The lowest BCUT2D eigenvalue weighted by Gasteiger charge is -2.39. The molecule has 218 valence electrons. The SMILES string of the molecule is CCCCCc1ccc(C(=O)N(Cc2ccc(N(C)c3ccncc3)cc2)C2CCN(Cc3cccnc3)CC2)cc1. The summed E-state index contributed by atoms with van der Waals surface area (Å²) in [5, 5.41) is 0. The van der Waals surface area contributed by atoms with Gasteiger partial charge in [0.25, 0.3) is 5.91 Å². The van der Waals surface area contributed by atoms with Gasteiger partial charge >= 0.3 is 0 Å². The van der Waals surface area contributed by atoms with E-state index in [9.17, 15) is 4.79 Å². The molecule has 0 aliphatic carbocycles. The van der Waals surface area contributed by atoms with Gasteiger partial charge in [-0.1, -0.05) is 50.1 Å². The number of carbonyl (C=O) groups is 1. The monoisotopic (exact) mass is 561 g/mol. The Bertz CT molecular complexity index is 1370. The summed E-state index contributed by atoms with van der Waals surface area (Å²) >= 11 is 0. The lowest BCUT2D eigenvalue weighted by atomic mass is 9.99. The zero-order chi connectivity index (χ0) is 29.1. The van der Waals surface area contributed by atoms with Gasteiger partial charge in [0.1, 0.15) is 0 Å². The molecular weight excluding hydrogens is 518 g/mol. The van der Waals surface area contributed by atoms with Crippen LogP contribution in [0.15, 0.2) is 97.6 Å². The van der Waals surface area contributed by atoms with Gasteiger partial charge in [-0.3, -0.25) is 19.7 Å². The molecule has 2 aromatic heterocycles. The highest BCUT2D eigenvalue weighted by atomic mass is 16.2. The molecule has 42 heavy (non-hydrogen) atoms. The van der Waals surface area contributed by atoms with Crippen LogP contribution in [0.3, 0.4) is 0 Å². The van der Waals surface area contributed by atoms with E-state index in [1.807, 2.05) is 55.1 Å². The van der Waals surface area contributed by atoms with Crippen molar-refractivity contribution < 1.29 is 4.79 Å². The molecule has 0 bridgehead atoms. The van der Waals surface area contributed by atoms with Crippen LogP contribution < -0.4 is 4.90 Å². The van der Waals surface area contributed by atoms with E-state index < -0.39 is 0 Å². The summed E-state index contributed by atoms with van der Waals surface area (Å²) in [6.45, 7) is 5.67. The summed E-state index contributed by atoms with van der Waals surface area (Å²) in [7, 11) is 2.06. The first-order valence-electron chi connectivity index (χ1n) is 15.3. The minimum atomic E-state index is 0.124. The number of unbranched alkanes of at least 4 members (excludes halogenated alkanes) is 2. The number of carbonyl (C=O) groups excluding carboxylic acids is 1. The molecule has 1 fully saturated rings. The molecule has 0 radical (unpaired) electrons. The first-order valence-corrected chi connectivity index (χ1v) is 15.3. The number of hydrogen-bond acceptors (Lipinski definition) is 5. The standard InChI is InChI=1S/C36H43N5O/c1-3-4-5-7-29-9-13-32(14-10-29)36(42)41(35-19-24-40(25-20-35)27-31-8-6-21-38-26-31)28-30-11-15-33(16-12-30)39(2)34-17-22-37-23-18-34/h6,8-18,21-23,26,35H,3-5,7,19-20,24-25,27-28H2,1-2H3. The summed E-state index contributed by atoms with van der Waals surface area (Å²) in [6.07, 6.45) is 14.0. The predicted octanol–water partition coefficient (Wildman–Crippen LogP) is 7.28. The Morgan fingerprint density at radius 1 is 0.810 bits per heavy atom. The van der Waals surface area contributed by atoms with Gasteiger partial charge in [0.15, 0.2) is 0 Å². The fourth-order valence-electron chi connectivity index (χ4n) is 5.80. The summed E-state index contributed by atoms with van der Waals surface area (Å²) in [6, 6.07) is 25.3. The number of rotatable bonds is 12. The van der Waals surface area contributed by atoms with Crippen LogP contribution in [0.2, 0.25) is 0 Å². The maximum absolute atomic E-state index is 14.0. The lowest BCUT2D eigenvalue weighted by Crippen LogP contribution is -2.46. The van der Waals surface area contributed by atoms with Crippen molar-refractivity contribution in [3.8, 4) is 0 Å². The minimum absolute atomic E-state index is 0.124. The molecule has 6 nitrogen and oxygen atoms in total. The van der Waals surface area contributed by atoms with Crippen molar-refractivity contribution >= 4 is 17.3 Å². The van der Waals surface area contributed by atoms with Crippen molar-refractivity contribution in [3.63, 3.8) is 0 Å². The van der Waals surface area contributed by atoms with E-state index in [2.05, 4.69) is 81.1 Å². The van der Waals surface area contributed by atoms with E-state index in [0.717, 1.165) is 61.4 Å². The van der Waals surface area contributed by atoms with Gasteiger partial charge in [0, 0.05) is 81.0 Å². The summed E-state index contributed by atoms with van der Waals surface area (Å²) in [4.78, 5) is 29.2. The second-order valence-electron chi connectivity index (χ2n) is 11.4. The van der Waals surface area contributed by atoms with E-state index in [4.69, 9.17) is 0 Å². The number of piperidine rings is 1. The molecule has 0 unspecified atom stereocenters. The van der Waals surface area contributed by atoms with Crippen molar-refractivity contribution in [1.82, 2.24) is 19.8 Å². The summed E-state index contributed by atoms with van der Waals surface area (Å²) in [5.41, 5.74) is 6.66. The van der Waals surface area contributed by atoms with E-state index in [0.29, 0.717) is 6.54 Å².